The van der Waals surface area contributed by atoms with E-state index in [1.807, 2.05) is 13.0 Å². The molecule has 0 aromatic rings. The van der Waals surface area contributed by atoms with E-state index >= 15 is 0 Å². The highest BCUT2D eigenvalue weighted by Crippen LogP contribution is 2.67. The molecule has 3 fully saturated rings. The Hall–Kier alpha value is -1.34. The maximum Gasteiger partial charge on any atom is 0.192 e. The second-order valence-corrected chi connectivity index (χ2v) is 9.31. The van der Waals surface area contributed by atoms with Gasteiger partial charge in [-0.2, -0.15) is 0 Å². The Kier molecular flexibility index (Phi) is 4.10. The van der Waals surface area contributed by atoms with Crippen LogP contribution in [0.15, 0.2) is 23.8 Å². The number of ketones is 2. The van der Waals surface area contributed by atoms with Gasteiger partial charge in [-0.3, -0.25) is 9.59 Å². The van der Waals surface area contributed by atoms with Crippen molar-refractivity contribution in [3.63, 3.8) is 0 Å². The van der Waals surface area contributed by atoms with Gasteiger partial charge >= 0.3 is 0 Å². The number of aliphatic hydroxyl groups is 4. The molecule has 4 aliphatic rings. The van der Waals surface area contributed by atoms with Crippen molar-refractivity contribution >= 4 is 11.6 Å². The topological polar surface area (TPSA) is 115 Å². The van der Waals surface area contributed by atoms with Crippen LogP contribution in [0.4, 0.5) is 0 Å². The van der Waals surface area contributed by atoms with Gasteiger partial charge < -0.3 is 20.4 Å². The maximum atomic E-state index is 12.4. The number of aliphatic hydroxyl groups excluding tert-OH is 3. The van der Waals surface area contributed by atoms with Crippen molar-refractivity contribution in [2.24, 2.45) is 28.6 Å². The van der Waals surface area contributed by atoms with E-state index in [2.05, 4.69) is 0 Å². The molecule has 0 aliphatic heterocycles. The van der Waals surface area contributed by atoms with E-state index in [9.17, 15) is 30.0 Å². The summed E-state index contributed by atoms with van der Waals surface area (Å²) >= 11 is 0. The number of carbonyl (C=O) groups excluding carboxylic acids is 2. The Morgan fingerprint density at radius 3 is 2.67 bits per heavy atom. The van der Waals surface area contributed by atoms with Crippen LogP contribution < -0.4 is 0 Å². The zero-order chi connectivity index (χ0) is 19.8. The third-order valence-corrected chi connectivity index (χ3v) is 8.28. The summed E-state index contributed by atoms with van der Waals surface area (Å²) in [5.41, 5.74) is -2.46. The minimum atomic E-state index is -2.05. The average Bonchev–Trinajstić information content (AvgIpc) is 2.82. The molecule has 27 heavy (non-hydrogen) atoms. The molecule has 4 rings (SSSR count). The smallest absolute Gasteiger partial charge is 0.192 e. The number of rotatable bonds is 2. The SMILES string of the molecule is C[C@]12C=CC(=O)C=C1CC[C@@H]1[C@@H]2[C@@H](O)C[C@@]2(C)[C@H]1C[C@@H](O)[C@]2(O)C(=O)CO. The minimum absolute atomic E-state index is 0.00826. The van der Waals surface area contributed by atoms with E-state index in [-0.39, 0.29) is 36.4 Å². The van der Waals surface area contributed by atoms with Crippen LogP contribution in [-0.4, -0.2) is 56.4 Å². The molecule has 0 aromatic heterocycles. The molecular formula is C21H28O6. The lowest BCUT2D eigenvalue weighted by atomic mass is 9.46. The first kappa shape index (κ1) is 19.0. The second-order valence-electron chi connectivity index (χ2n) is 9.31. The van der Waals surface area contributed by atoms with Crippen LogP contribution in [0, 0.1) is 28.6 Å². The molecular weight excluding hydrogens is 348 g/mol. The molecule has 4 N–H and O–H groups in total. The Balaban J connectivity index is 1.78. The van der Waals surface area contributed by atoms with Gasteiger partial charge in [0.15, 0.2) is 17.2 Å². The first-order valence-corrected chi connectivity index (χ1v) is 9.76. The van der Waals surface area contributed by atoms with Crippen molar-refractivity contribution in [3.05, 3.63) is 23.8 Å². The van der Waals surface area contributed by atoms with Crippen LogP contribution >= 0.6 is 0 Å². The van der Waals surface area contributed by atoms with Gasteiger partial charge in [-0.1, -0.05) is 25.5 Å². The minimum Gasteiger partial charge on any atom is -0.393 e. The van der Waals surface area contributed by atoms with Crippen LogP contribution in [0.25, 0.3) is 0 Å². The monoisotopic (exact) mass is 376 g/mol. The van der Waals surface area contributed by atoms with E-state index in [0.29, 0.717) is 0 Å². The fourth-order valence-corrected chi connectivity index (χ4v) is 6.96. The molecule has 0 unspecified atom stereocenters. The third-order valence-electron chi connectivity index (χ3n) is 8.28. The molecule has 0 amide bonds. The molecule has 0 spiro atoms. The van der Waals surface area contributed by atoms with Crippen LogP contribution in [-0.2, 0) is 9.59 Å². The summed E-state index contributed by atoms with van der Waals surface area (Å²) < 4.78 is 0. The van der Waals surface area contributed by atoms with Gasteiger partial charge in [-0.25, -0.2) is 0 Å². The molecule has 0 heterocycles. The summed E-state index contributed by atoms with van der Waals surface area (Å²) in [5.74, 6) is -1.09. The first-order chi connectivity index (χ1) is 12.6. The van der Waals surface area contributed by atoms with Gasteiger partial charge in [-0.05, 0) is 49.7 Å². The molecule has 4 aliphatic carbocycles. The summed E-state index contributed by atoms with van der Waals surface area (Å²) in [6.07, 6.45) is 4.97. The zero-order valence-corrected chi connectivity index (χ0v) is 15.8. The van der Waals surface area contributed by atoms with E-state index < -0.39 is 41.0 Å². The van der Waals surface area contributed by atoms with E-state index in [0.717, 1.165) is 18.4 Å². The number of hydrogen-bond donors (Lipinski definition) is 4. The van der Waals surface area contributed by atoms with Crippen molar-refractivity contribution in [1.82, 2.24) is 0 Å². The van der Waals surface area contributed by atoms with Crippen molar-refractivity contribution in [2.45, 2.75) is 57.3 Å². The summed E-state index contributed by atoms with van der Waals surface area (Å²) in [6, 6.07) is 0. The van der Waals surface area contributed by atoms with Gasteiger partial charge in [0.1, 0.15) is 6.61 Å². The molecule has 0 radical (unpaired) electrons. The first-order valence-electron chi connectivity index (χ1n) is 9.76. The Morgan fingerprint density at radius 2 is 2.00 bits per heavy atom. The average molecular weight is 376 g/mol. The maximum absolute atomic E-state index is 12.4. The van der Waals surface area contributed by atoms with Gasteiger partial charge in [0.25, 0.3) is 0 Å². The van der Waals surface area contributed by atoms with E-state index in [1.54, 1.807) is 19.1 Å². The van der Waals surface area contributed by atoms with Gasteiger partial charge in [0.05, 0.1) is 12.2 Å². The number of hydrogen-bond acceptors (Lipinski definition) is 6. The molecule has 6 nitrogen and oxygen atoms in total. The highest BCUT2D eigenvalue weighted by Gasteiger charge is 2.71. The lowest BCUT2D eigenvalue weighted by Crippen LogP contribution is -2.63. The normalized spacial score (nSPS) is 51.3. The summed E-state index contributed by atoms with van der Waals surface area (Å²) in [4.78, 5) is 24.2. The highest BCUT2D eigenvalue weighted by atomic mass is 16.4. The van der Waals surface area contributed by atoms with Crippen LogP contribution in [0.5, 0.6) is 0 Å². The molecule has 0 saturated heterocycles. The molecule has 0 aromatic carbocycles. The summed E-state index contributed by atoms with van der Waals surface area (Å²) in [6.45, 7) is 2.96. The number of fused-ring (bicyclic) bond motifs is 5. The summed E-state index contributed by atoms with van der Waals surface area (Å²) in [5, 5.41) is 42.3. The predicted octanol–water partition coefficient (Wildman–Crippen LogP) is 0.528. The molecule has 8 atom stereocenters. The van der Waals surface area contributed by atoms with Crippen LogP contribution in [0.1, 0.15) is 39.5 Å². The van der Waals surface area contributed by atoms with E-state index in [1.165, 1.54) is 0 Å². The number of allylic oxidation sites excluding steroid dienone is 4. The quantitative estimate of drug-likeness (QED) is 0.559. The molecule has 0 bridgehead atoms. The number of Topliss-reactive ketones (excluding diaryl/α,β-unsaturated/α-hetero) is 1. The number of carbonyl (C=O) groups is 2. The zero-order valence-electron chi connectivity index (χ0n) is 15.8. The Labute approximate surface area is 158 Å². The van der Waals surface area contributed by atoms with Crippen LogP contribution in [0.2, 0.25) is 0 Å². The Morgan fingerprint density at radius 1 is 1.30 bits per heavy atom. The van der Waals surface area contributed by atoms with Crippen molar-refractivity contribution in [3.8, 4) is 0 Å². The summed E-state index contributed by atoms with van der Waals surface area (Å²) in [7, 11) is 0. The largest absolute Gasteiger partial charge is 0.393 e. The molecule has 3 saturated carbocycles. The van der Waals surface area contributed by atoms with Gasteiger partial charge in [-0.15, -0.1) is 0 Å². The van der Waals surface area contributed by atoms with Crippen molar-refractivity contribution in [2.75, 3.05) is 6.61 Å². The lowest BCUT2D eigenvalue weighted by molar-refractivity contribution is -0.190. The second kappa shape index (κ2) is 5.83. The van der Waals surface area contributed by atoms with E-state index in [4.69, 9.17) is 0 Å². The van der Waals surface area contributed by atoms with Crippen molar-refractivity contribution in [1.29, 1.82) is 0 Å². The predicted molar refractivity (Wildman–Crippen MR) is 96.4 cm³/mol. The standard InChI is InChI=1S/C21H28O6/c1-19-6-5-12(23)7-11(19)3-4-13-14-8-16(25)21(27,17(26)10-22)20(14,2)9-15(24)18(13)19/h5-7,13-16,18,22,24-25,27H,3-4,8-10H2,1-2H3/t13-,14-,15-,16+,18+,19-,20-,21-/m0/s1. The van der Waals surface area contributed by atoms with Crippen LogP contribution in [0.3, 0.4) is 0 Å². The fourth-order valence-electron chi connectivity index (χ4n) is 6.96. The Bertz CT molecular complexity index is 756. The van der Waals surface area contributed by atoms with Gasteiger partial charge in [0, 0.05) is 16.7 Å². The lowest BCUT2D eigenvalue weighted by Gasteiger charge is -2.59. The van der Waals surface area contributed by atoms with Crippen molar-refractivity contribution < 1.29 is 30.0 Å². The third kappa shape index (κ3) is 2.21. The van der Waals surface area contributed by atoms with Gasteiger partial charge in [0.2, 0.25) is 0 Å². The molecule has 6 heteroatoms. The highest BCUT2D eigenvalue weighted by molar-refractivity contribution is 6.01. The fraction of sp³-hybridized carbons (Fsp3) is 0.714. The molecule has 148 valence electrons.